The lowest BCUT2D eigenvalue weighted by molar-refractivity contribution is -0.113. The molecule has 0 bridgehead atoms. The normalized spacial score (nSPS) is 11.1. The lowest BCUT2D eigenvalue weighted by Gasteiger charge is -2.12. The molecule has 0 heterocycles. The van der Waals surface area contributed by atoms with Crippen LogP contribution in [0.25, 0.3) is 6.08 Å². The van der Waals surface area contributed by atoms with Gasteiger partial charge in [-0.15, -0.1) is 0 Å². The summed E-state index contributed by atoms with van der Waals surface area (Å²) in [6.07, 6.45) is 1.54. The number of rotatable bonds is 10. The summed E-state index contributed by atoms with van der Waals surface area (Å²) in [6.45, 7) is 4.65. The van der Waals surface area contributed by atoms with Crippen LogP contribution in [0.15, 0.2) is 78.5 Å². The van der Waals surface area contributed by atoms with Gasteiger partial charge in [0.05, 0.1) is 19.3 Å². The van der Waals surface area contributed by atoms with Crippen molar-refractivity contribution >= 4 is 29.5 Å². The van der Waals surface area contributed by atoms with E-state index in [4.69, 9.17) is 14.6 Å². The third-order valence-electron chi connectivity index (χ3n) is 5.01. The second kappa shape index (κ2) is 12.2. The summed E-state index contributed by atoms with van der Waals surface area (Å²) in [5.41, 5.74) is 1.50. The first-order valence-corrected chi connectivity index (χ1v) is 11.3. The van der Waals surface area contributed by atoms with Crippen molar-refractivity contribution in [1.82, 2.24) is 5.32 Å². The average Bonchev–Trinajstić information content (AvgIpc) is 2.88. The molecule has 3 N–H and O–H groups in total. The first-order chi connectivity index (χ1) is 17.2. The third-order valence-corrected chi connectivity index (χ3v) is 5.01. The van der Waals surface area contributed by atoms with Crippen molar-refractivity contribution < 1.29 is 29.0 Å². The Hall–Kier alpha value is -4.59. The van der Waals surface area contributed by atoms with Crippen molar-refractivity contribution in [1.29, 1.82) is 0 Å². The SMILES string of the molecule is COc1ccc(/C=C(/NC(=O)c2ccc(OCC(C)C)cc2)C(=O)Nc2ccc(C(=O)O)cc2)cc1. The summed E-state index contributed by atoms with van der Waals surface area (Å²) in [4.78, 5) is 37.1. The zero-order valence-electron chi connectivity index (χ0n) is 20.3. The predicted molar refractivity (Wildman–Crippen MR) is 137 cm³/mol. The summed E-state index contributed by atoms with van der Waals surface area (Å²) < 4.78 is 10.8. The zero-order chi connectivity index (χ0) is 26.1. The number of nitrogens with one attached hydrogen (secondary N) is 2. The van der Waals surface area contributed by atoms with E-state index in [9.17, 15) is 14.4 Å². The molecular formula is C28H28N2O6. The summed E-state index contributed by atoms with van der Waals surface area (Å²) in [5.74, 6) is -0.434. The maximum absolute atomic E-state index is 13.1. The van der Waals surface area contributed by atoms with Gasteiger partial charge in [0.25, 0.3) is 11.8 Å². The number of ether oxygens (including phenoxy) is 2. The number of carbonyl (C=O) groups excluding carboxylic acids is 2. The van der Waals surface area contributed by atoms with Gasteiger partial charge in [-0.3, -0.25) is 9.59 Å². The number of hydrogen-bond donors (Lipinski definition) is 3. The molecule has 2 amide bonds. The molecule has 0 unspecified atom stereocenters. The van der Waals surface area contributed by atoms with Gasteiger partial charge in [0.2, 0.25) is 0 Å². The summed E-state index contributed by atoms with van der Waals surface area (Å²) in [5, 5.41) is 14.4. The van der Waals surface area contributed by atoms with Crippen LogP contribution >= 0.6 is 0 Å². The zero-order valence-corrected chi connectivity index (χ0v) is 20.3. The standard InChI is InChI=1S/C28H28N2O6/c1-18(2)17-36-24-14-8-20(9-15-24)26(31)30-25(16-19-4-12-23(35-3)13-5-19)27(32)29-22-10-6-21(7-11-22)28(33)34/h4-16,18H,17H2,1-3H3,(H,29,32)(H,30,31)(H,33,34)/b25-16+. The van der Waals surface area contributed by atoms with Crippen molar-refractivity contribution in [3.8, 4) is 11.5 Å². The number of carboxylic acid groups (broad SMARTS) is 1. The highest BCUT2D eigenvalue weighted by atomic mass is 16.5. The number of amides is 2. The number of hydrogen-bond acceptors (Lipinski definition) is 5. The number of carbonyl (C=O) groups is 3. The van der Waals surface area contributed by atoms with E-state index in [1.165, 1.54) is 24.3 Å². The van der Waals surface area contributed by atoms with E-state index in [1.807, 2.05) is 13.8 Å². The third kappa shape index (κ3) is 7.46. The number of anilines is 1. The molecule has 0 fully saturated rings. The number of methoxy groups -OCH3 is 1. The van der Waals surface area contributed by atoms with Crippen LogP contribution in [0, 0.1) is 5.92 Å². The smallest absolute Gasteiger partial charge is 0.335 e. The van der Waals surface area contributed by atoms with Crippen LogP contribution in [0.3, 0.4) is 0 Å². The Labute approximate surface area is 209 Å². The lowest BCUT2D eigenvalue weighted by atomic mass is 10.1. The van der Waals surface area contributed by atoms with Crippen molar-refractivity contribution in [3.63, 3.8) is 0 Å². The van der Waals surface area contributed by atoms with E-state index in [1.54, 1.807) is 61.7 Å². The fraction of sp³-hybridized carbons (Fsp3) is 0.179. The Morgan fingerprint density at radius 1 is 0.861 bits per heavy atom. The summed E-state index contributed by atoms with van der Waals surface area (Å²) in [6, 6.07) is 19.3. The molecule has 36 heavy (non-hydrogen) atoms. The van der Waals surface area contributed by atoms with Crippen LogP contribution in [0.4, 0.5) is 5.69 Å². The number of carboxylic acids is 1. The molecule has 186 valence electrons. The minimum absolute atomic E-state index is 0.00705. The predicted octanol–water partition coefficient (Wildman–Crippen LogP) is 4.84. The molecule has 0 atom stereocenters. The minimum Gasteiger partial charge on any atom is -0.497 e. The monoisotopic (exact) mass is 488 g/mol. The van der Waals surface area contributed by atoms with Gasteiger partial charge in [0.15, 0.2) is 0 Å². The van der Waals surface area contributed by atoms with Crippen molar-refractivity contribution in [2.45, 2.75) is 13.8 Å². The van der Waals surface area contributed by atoms with Gasteiger partial charge in [0.1, 0.15) is 17.2 Å². The van der Waals surface area contributed by atoms with Gasteiger partial charge in [-0.05, 0) is 78.2 Å². The van der Waals surface area contributed by atoms with Crippen molar-refractivity contribution in [3.05, 3.63) is 95.2 Å². The highest BCUT2D eigenvalue weighted by Gasteiger charge is 2.16. The topological polar surface area (TPSA) is 114 Å². The van der Waals surface area contributed by atoms with Crippen LogP contribution in [-0.2, 0) is 4.79 Å². The largest absolute Gasteiger partial charge is 0.497 e. The Kier molecular flexibility index (Phi) is 8.83. The van der Waals surface area contributed by atoms with E-state index in [-0.39, 0.29) is 11.3 Å². The first kappa shape index (κ1) is 26.0. The highest BCUT2D eigenvalue weighted by molar-refractivity contribution is 6.10. The maximum atomic E-state index is 13.1. The molecule has 0 spiro atoms. The molecule has 3 aromatic carbocycles. The fourth-order valence-electron chi connectivity index (χ4n) is 3.08. The molecule has 0 aromatic heterocycles. The average molecular weight is 489 g/mol. The molecule has 0 aliphatic carbocycles. The van der Waals surface area contributed by atoms with Crippen LogP contribution in [0.5, 0.6) is 11.5 Å². The highest BCUT2D eigenvalue weighted by Crippen LogP contribution is 2.17. The van der Waals surface area contributed by atoms with Crippen LogP contribution in [0.1, 0.15) is 40.1 Å². The molecule has 0 radical (unpaired) electrons. The van der Waals surface area contributed by atoms with E-state index < -0.39 is 17.8 Å². The van der Waals surface area contributed by atoms with Crippen LogP contribution in [0.2, 0.25) is 0 Å². The van der Waals surface area contributed by atoms with Gasteiger partial charge in [0, 0.05) is 11.3 Å². The Morgan fingerprint density at radius 3 is 2.00 bits per heavy atom. The van der Waals surface area contributed by atoms with E-state index >= 15 is 0 Å². The lowest BCUT2D eigenvalue weighted by Crippen LogP contribution is -2.30. The number of aromatic carboxylic acids is 1. The quantitative estimate of drug-likeness (QED) is 0.352. The molecule has 8 nitrogen and oxygen atoms in total. The first-order valence-electron chi connectivity index (χ1n) is 11.3. The van der Waals surface area contributed by atoms with E-state index in [0.29, 0.717) is 40.8 Å². The molecule has 0 aliphatic heterocycles. The van der Waals surface area contributed by atoms with Crippen LogP contribution < -0.4 is 20.1 Å². The van der Waals surface area contributed by atoms with Gasteiger partial charge >= 0.3 is 5.97 Å². The van der Waals surface area contributed by atoms with Crippen molar-refractivity contribution in [2.24, 2.45) is 5.92 Å². The van der Waals surface area contributed by atoms with E-state index in [0.717, 1.165) is 0 Å². The van der Waals surface area contributed by atoms with Gasteiger partial charge in [-0.1, -0.05) is 26.0 Å². The fourth-order valence-corrected chi connectivity index (χ4v) is 3.08. The Balaban J connectivity index is 1.81. The molecule has 8 heteroatoms. The maximum Gasteiger partial charge on any atom is 0.335 e. The van der Waals surface area contributed by atoms with Crippen molar-refractivity contribution in [2.75, 3.05) is 19.0 Å². The molecule has 3 rings (SSSR count). The summed E-state index contributed by atoms with van der Waals surface area (Å²) in [7, 11) is 1.55. The molecule has 0 saturated carbocycles. The minimum atomic E-state index is -1.07. The molecule has 0 aliphatic rings. The molecular weight excluding hydrogens is 460 g/mol. The van der Waals surface area contributed by atoms with Gasteiger partial charge < -0.3 is 25.2 Å². The Morgan fingerprint density at radius 2 is 1.44 bits per heavy atom. The Bertz CT molecular complexity index is 1230. The summed E-state index contributed by atoms with van der Waals surface area (Å²) >= 11 is 0. The van der Waals surface area contributed by atoms with E-state index in [2.05, 4.69) is 10.6 Å². The second-order valence-electron chi connectivity index (χ2n) is 8.35. The van der Waals surface area contributed by atoms with Gasteiger partial charge in [-0.25, -0.2) is 4.79 Å². The van der Waals surface area contributed by atoms with Crippen LogP contribution in [-0.4, -0.2) is 36.6 Å². The molecule has 0 saturated heterocycles. The molecule has 3 aromatic rings. The number of benzene rings is 3. The van der Waals surface area contributed by atoms with Gasteiger partial charge in [-0.2, -0.15) is 0 Å². The second-order valence-corrected chi connectivity index (χ2v) is 8.35.